The molecule has 0 spiro atoms. The van der Waals surface area contributed by atoms with Crippen LogP contribution in [0.2, 0.25) is 0 Å². The summed E-state index contributed by atoms with van der Waals surface area (Å²) in [6.45, 7) is 0. The number of nitrogens with one attached hydrogen (secondary N) is 1. The maximum Gasteiger partial charge on any atom is 0.131 e. The summed E-state index contributed by atoms with van der Waals surface area (Å²) in [5.41, 5.74) is 2.96. The lowest BCUT2D eigenvalue weighted by Crippen LogP contribution is -2.30. The molecule has 1 heterocycles. The van der Waals surface area contributed by atoms with Crippen molar-refractivity contribution in [2.45, 2.75) is 6.04 Å². The summed E-state index contributed by atoms with van der Waals surface area (Å²) in [7, 11) is 0. The van der Waals surface area contributed by atoms with E-state index in [1.54, 1.807) is 24.5 Å². The third kappa shape index (κ3) is 2.30. The number of hydrazine groups is 1. The first-order valence-corrected chi connectivity index (χ1v) is 5.04. The Balaban J connectivity index is 2.50. The van der Waals surface area contributed by atoms with Crippen LogP contribution in [0.25, 0.3) is 0 Å². The van der Waals surface area contributed by atoms with Gasteiger partial charge in [0.05, 0.1) is 6.04 Å². The number of pyridine rings is 1. The van der Waals surface area contributed by atoms with Crippen molar-refractivity contribution in [1.82, 2.24) is 10.4 Å². The van der Waals surface area contributed by atoms with Crippen LogP contribution in [-0.4, -0.2) is 4.98 Å². The molecule has 5 heteroatoms. The Morgan fingerprint density at radius 1 is 1.06 bits per heavy atom. The average Bonchev–Trinajstić information content (AvgIpc) is 2.35. The molecule has 0 radical (unpaired) electrons. The lowest BCUT2D eigenvalue weighted by atomic mass is 9.99. The highest BCUT2D eigenvalue weighted by Crippen LogP contribution is 2.25. The van der Waals surface area contributed by atoms with Gasteiger partial charge in [0, 0.05) is 18.0 Å². The van der Waals surface area contributed by atoms with Crippen LogP contribution in [0, 0.1) is 11.6 Å². The number of aromatic nitrogens is 1. The molecule has 2 rings (SSSR count). The highest BCUT2D eigenvalue weighted by atomic mass is 19.1. The zero-order valence-electron chi connectivity index (χ0n) is 8.90. The number of benzene rings is 1. The Bertz CT molecular complexity index is 482. The molecular weight excluding hydrogens is 224 g/mol. The summed E-state index contributed by atoms with van der Waals surface area (Å²) >= 11 is 0. The quantitative estimate of drug-likeness (QED) is 0.631. The molecule has 1 atom stereocenters. The van der Waals surface area contributed by atoms with Crippen LogP contribution in [0.3, 0.4) is 0 Å². The highest BCUT2D eigenvalue weighted by molar-refractivity contribution is 5.32. The summed E-state index contributed by atoms with van der Waals surface area (Å²) < 4.78 is 27.2. The van der Waals surface area contributed by atoms with Crippen LogP contribution >= 0.6 is 0 Å². The number of nitrogens with zero attached hydrogens (tertiary/aromatic N) is 1. The molecule has 0 saturated heterocycles. The smallest absolute Gasteiger partial charge is 0.131 e. The monoisotopic (exact) mass is 235 g/mol. The van der Waals surface area contributed by atoms with E-state index in [1.165, 1.54) is 18.2 Å². The van der Waals surface area contributed by atoms with Gasteiger partial charge in [-0.2, -0.15) is 0 Å². The molecular formula is C12H11F2N3. The summed E-state index contributed by atoms with van der Waals surface area (Å²) in [5, 5.41) is 0. The molecule has 88 valence electrons. The fourth-order valence-electron chi connectivity index (χ4n) is 1.69. The fourth-order valence-corrected chi connectivity index (χ4v) is 1.69. The normalized spacial score (nSPS) is 12.4. The van der Waals surface area contributed by atoms with Crippen LogP contribution in [0.15, 0.2) is 42.7 Å². The highest BCUT2D eigenvalue weighted by Gasteiger charge is 2.20. The average molecular weight is 235 g/mol. The molecule has 3 nitrogen and oxygen atoms in total. The Labute approximate surface area is 97.3 Å². The molecule has 1 unspecified atom stereocenters. The van der Waals surface area contributed by atoms with Crippen molar-refractivity contribution in [3.8, 4) is 0 Å². The molecule has 0 saturated carbocycles. The molecule has 0 bridgehead atoms. The minimum Gasteiger partial charge on any atom is -0.271 e. The van der Waals surface area contributed by atoms with E-state index in [4.69, 9.17) is 5.84 Å². The van der Waals surface area contributed by atoms with E-state index in [1.807, 2.05) is 0 Å². The van der Waals surface area contributed by atoms with Gasteiger partial charge in [0.15, 0.2) is 0 Å². The number of hydrogen-bond donors (Lipinski definition) is 2. The van der Waals surface area contributed by atoms with Crippen molar-refractivity contribution in [3.05, 3.63) is 65.5 Å². The predicted octanol–water partition coefficient (Wildman–Crippen LogP) is 1.91. The van der Waals surface area contributed by atoms with E-state index in [9.17, 15) is 8.78 Å². The van der Waals surface area contributed by atoms with Gasteiger partial charge in [0.1, 0.15) is 11.6 Å². The van der Waals surface area contributed by atoms with Crippen molar-refractivity contribution in [1.29, 1.82) is 0 Å². The topological polar surface area (TPSA) is 50.9 Å². The van der Waals surface area contributed by atoms with Crippen LogP contribution < -0.4 is 11.3 Å². The van der Waals surface area contributed by atoms with Gasteiger partial charge in [-0.1, -0.05) is 6.07 Å². The third-order valence-electron chi connectivity index (χ3n) is 2.49. The molecule has 0 amide bonds. The summed E-state index contributed by atoms with van der Waals surface area (Å²) in [5.74, 6) is 4.10. The Morgan fingerprint density at radius 3 is 2.18 bits per heavy atom. The van der Waals surface area contributed by atoms with Crippen LogP contribution in [0.1, 0.15) is 17.2 Å². The maximum atomic E-state index is 13.6. The number of nitrogens with two attached hydrogens (primary N) is 1. The summed E-state index contributed by atoms with van der Waals surface area (Å²) in [6, 6.07) is 6.27. The van der Waals surface area contributed by atoms with E-state index in [-0.39, 0.29) is 5.56 Å². The van der Waals surface area contributed by atoms with E-state index in [0.717, 1.165) is 0 Å². The van der Waals surface area contributed by atoms with Crippen LogP contribution in [0.5, 0.6) is 0 Å². The van der Waals surface area contributed by atoms with Crippen LogP contribution in [0.4, 0.5) is 8.78 Å². The molecule has 3 N–H and O–H groups in total. The Kier molecular flexibility index (Phi) is 3.41. The van der Waals surface area contributed by atoms with E-state index in [2.05, 4.69) is 10.4 Å². The van der Waals surface area contributed by atoms with Gasteiger partial charge < -0.3 is 0 Å². The van der Waals surface area contributed by atoms with Gasteiger partial charge in [-0.05, 0) is 29.8 Å². The van der Waals surface area contributed by atoms with Crippen molar-refractivity contribution in [2.75, 3.05) is 0 Å². The van der Waals surface area contributed by atoms with Gasteiger partial charge in [-0.25, -0.2) is 14.2 Å². The van der Waals surface area contributed by atoms with Gasteiger partial charge in [0.25, 0.3) is 0 Å². The minimum absolute atomic E-state index is 0.0961. The molecule has 2 aromatic rings. The van der Waals surface area contributed by atoms with Crippen molar-refractivity contribution in [2.24, 2.45) is 5.84 Å². The molecule has 0 fully saturated rings. The first kappa shape index (κ1) is 11.6. The molecule has 0 aliphatic heterocycles. The molecule has 1 aromatic heterocycles. The second kappa shape index (κ2) is 4.99. The molecule has 0 aliphatic carbocycles. The maximum absolute atomic E-state index is 13.6. The number of rotatable bonds is 3. The van der Waals surface area contributed by atoms with Crippen molar-refractivity contribution < 1.29 is 8.78 Å². The van der Waals surface area contributed by atoms with Crippen molar-refractivity contribution >= 4 is 0 Å². The summed E-state index contributed by atoms with van der Waals surface area (Å²) in [6.07, 6.45) is 3.08. The van der Waals surface area contributed by atoms with E-state index in [0.29, 0.717) is 5.56 Å². The largest absolute Gasteiger partial charge is 0.271 e. The second-order valence-electron chi connectivity index (χ2n) is 3.52. The van der Waals surface area contributed by atoms with Gasteiger partial charge in [-0.3, -0.25) is 10.8 Å². The van der Waals surface area contributed by atoms with Crippen LogP contribution in [-0.2, 0) is 0 Å². The van der Waals surface area contributed by atoms with E-state index < -0.39 is 17.7 Å². The number of halogens is 2. The lowest BCUT2D eigenvalue weighted by molar-refractivity contribution is 0.510. The number of hydrogen-bond acceptors (Lipinski definition) is 3. The van der Waals surface area contributed by atoms with Gasteiger partial charge in [0.2, 0.25) is 0 Å². The SMILES string of the molecule is NNC(c1ccncc1)c1c(F)cccc1F. The molecule has 17 heavy (non-hydrogen) atoms. The predicted molar refractivity (Wildman–Crippen MR) is 59.8 cm³/mol. The Hall–Kier alpha value is -1.85. The fraction of sp³-hybridized carbons (Fsp3) is 0.0833. The van der Waals surface area contributed by atoms with Gasteiger partial charge >= 0.3 is 0 Å². The molecule has 0 aliphatic rings. The minimum atomic E-state index is -0.737. The van der Waals surface area contributed by atoms with E-state index >= 15 is 0 Å². The molecule has 1 aromatic carbocycles. The lowest BCUT2D eigenvalue weighted by Gasteiger charge is -2.17. The second-order valence-corrected chi connectivity index (χ2v) is 3.52. The zero-order valence-corrected chi connectivity index (χ0v) is 8.90. The van der Waals surface area contributed by atoms with Crippen molar-refractivity contribution in [3.63, 3.8) is 0 Å². The third-order valence-corrected chi connectivity index (χ3v) is 2.49. The first-order valence-electron chi connectivity index (χ1n) is 5.04. The first-order chi connectivity index (χ1) is 8.24. The van der Waals surface area contributed by atoms with Gasteiger partial charge in [-0.15, -0.1) is 0 Å². The summed E-state index contributed by atoms with van der Waals surface area (Å²) in [4.78, 5) is 3.84. The standard InChI is InChI=1S/C12H11F2N3/c13-9-2-1-3-10(14)11(9)12(17-15)8-4-6-16-7-5-8/h1-7,12,17H,15H2. The Morgan fingerprint density at radius 2 is 1.65 bits per heavy atom. The zero-order chi connectivity index (χ0) is 12.3.